The van der Waals surface area contributed by atoms with E-state index >= 15 is 0 Å². The summed E-state index contributed by atoms with van der Waals surface area (Å²) in [4.78, 5) is 51.1. The number of hydrogen-bond donors (Lipinski definition) is 0. The van der Waals surface area contributed by atoms with Gasteiger partial charge in [0.15, 0.2) is 0 Å². The molecule has 1 aliphatic heterocycles. The van der Waals surface area contributed by atoms with Gasteiger partial charge in [0.05, 0.1) is 12.3 Å². The summed E-state index contributed by atoms with van der Waals surface area (Å²) in [5.41, 5.74) is 1.85. The third-order valence-electron chi connectivity index (χ3n) is 4.72. The smallest absolute Gasteiger partial charge is 0.319 e. The monoisotopic (exact) mass is 465 g/mol. The van der Waals surface area contributed by atoms with Crippen molar-refractivity contribution in [1.29, 1.82) is 0 Å². The molecule has 1 aromatic rings. The number of hydrogen-bond acceptors (Lipinski definition) is 6. The lowest BCUT2D eigenvalue weighted by molar-refractivity contribution is -0.142. The predicted molar refractivity (Wildman–Crippen MR) is 110 cm³/mol. The van der Waals surface area contributed by atoms with Crippen LogP contribution in [0.3, 0.4) is 0 Å². The first-order valence-corrected chi connectivity index (χ1v) is 10.8. The number of benzene rings is 1. The maximum atomic E-state index is 12.7. The molecule has 0 radical (unpaired) electrons. The molecule has 0 aromatic heterocycles. The molecule has 1 aromatic carbocycles. The molecule has 8 heteroatoms. The van der Waals surface area contributed by atoms with Crippen LogP contribution in [0.4, 0.5) is 5.69 Å². The zero-order valence-electron chi connectivity index (χ0n) is 15.6. The van der Waals surface area contributed by atoms with Gasteiger partial charge in [0.2, 0.25) is 5.12 Å². The molecule has 2 amide bonds. The Morgan fingerprint density at radius 3 is 2.36 bits per heavy atom. The van der Waals surface area contributed by atoms with E-state index in [1.807, 2.05) is 0 Å². The van der Waals surface area contributed by atoms with Crippen molar-refractivity contribution in [3.63, 3.8) is 0 Å². The highest BCUT2D eigenvalue weighted by Crippen LogP contribution is 2.37. The van der Waals surface area contributed by atoms with E-state index in [9.17, 15) is 19.2 Å². The fourth-order valence-electron chi connectivity index (χ4n) is 3.31. The van der Waals surface area contributed by atoms with Crippen LogP contribution in [0.5, 0.6) is 0 Å². The molecule has 0 N–H and O–H groups in total. The molecule has 2 aliphatic rings. The summed E-state index contributed by atoms with van der Waals surface area (Å²) in [5, 5.41) is -1.00. The van der Waals surface area contributed by atoms with E-state index in [-0.39, 0.29) is 23.5 Å². The second-order valence-corrected chi connectivity index (χ2v) is 8.74. The molecule has 148 valence electrons. The number of nitrogens with zero attached hydrogens (tertiary/aromatic N) is 1. The Bertz CT molecular complexity index is 867. The van der Waals surface area contributed by atoms with Gasteiger partial charge in [-0.05, 0) is 57.7 Å². The standard InChI is InChI=1S/C20H20BrNO5S/c1-3-27-19(25)11(2)28-20(26)15-10-12(8-9-16(15)21)22-17(23)13-6-4-5-7-14(13)18(22)24/h8-11H,3-7H2,1-2H3/t11-/m0/s1. The van der Waals surface area contributed by atoms with E-state index in [1.54, 1.807) is 26.0 Å². The number of halogens is 1. The number of rotatable bonds is 5. The lowest BCUT2D eigenvalue weighted by Gasteiger charge is -2.17. The SMILES string of the molecule is CCOC(=O)[C@H](C)SC(=O)c1cc(N2C(=O)C3=C(CCCC3)C2=O)ccc1Br. The number of esters is 1. The number of amides is 2. The van der Waals surface area contributed by atoms with Crippen molar-refractivity contribution in [2.24, 2.45) is 0 Å². The van der Waals surface area contributed by atoms with Crippen LogP contribution >= 0.6 is 27.7 Å². The van der Waals surface area contributed by atoms with E-state index in [4.69, 9.17) is 4.74 Å². The Kier molecular flexibility index (Phi) is 6.40. The van der Waals surface area contributed by atoms with Crippen LogP contribution in [0.1, 0.15) is 49.9 Å². The highest BCUT2D eigenvalue weighted by atomic mass is 79.9. The lowest BCUT2D eigenvalue weighted by Crippen LogP contribution is -2.31. The molecule has 0 saturated heterocycles. The largest absolute Gasteiger partial charge is 0.465 e. The van der Waals surface area contributed by atoms with E-state index < -0.39 is 11.2 Å². The van der Waals surface area contributed by atoms with E-state index in [0.29, 0.717) is 39.7 Å². The number of anilines is 1. The lowest BCUT2D eigenvalue weighted by atomic mass is 9.93. The van der Waals surface area contributed by atoms with Crippen molar-refractivity contribution in [3.05, 3.63) is 39.4 Å². The van der Waals surface area contributed by atoms with Crippen LogP contribution in [-0.2, 0) is 19.1 Å². The minimum atomic E-state index is -0.660. The van der Waals surface area contributed by atoms with Crippen molar-refractivity contribution in [1.82, 2.24) is 0 Å². The van der Waals surface area contributed by atoms with E-state index in [0.717, 1.165) is 29.5 Å². The van der Waals surface area contributed by atoms with Crippen LogP contribution in [0.25, 0.3) is 0 Å². The van der Waals surface area contributed by atoms with Crippen LogP contribution in [0, 0.1) is 0 Å². The molecule has 1 atom stereocenters. The number of carbonyl (C=O) groups excluding carboxylic acids is 4. The maximum absolute atomic E-state index is 12.7. The second kappa shape index (κ2) is 8.61. The number of ether oxygens (including phenoxy) is 1. The van der Waals surface area contributed by atoms with Gasteiger partial charge < -0.3 is 4.74 Å². The molecule has 1 aliphatic carbocycles. The van der Waals surface area contributed by atoms with Crippen molar-refractivity contribution >= 4 is 56.3 Å². The first-order valence-electron chi connectivity index (χ1n) is 9.13. The Morgan fingerprint density at radius 1 is 1.18 bits per heavy atom. The molecule has 0 fully saturated rings. The Balaban J connectivity index is 1.84. The highest BCUT2D eigenvalue weighted by molar-refractivity contribution is 9.10. The normalized spacial score (nSPS) is 17.6. The third kappa shape index (κ3) is 3.93. The Labute approximate surface area is 175 Å². The molecular formula is C20H20BrNO5S. The summed E-state index contributed by atoms with van der Waals surface area (Å²) in [7, 11) is 0. The molecule has 3 rings (SSSR count). The topological polar surface area (TPSA) is 80.8 Å². The third-order valence-corrected chi connectivity index (χ3v) is 6.39. The van der Waals surface area contributed by atoms with Gasteiger partial charge in [-0.2, -0.15) is 0 Å². The van der Waals surface area contributed by atoms with Crippen molar-refractivity contribution in [3.8, 4) is 0 Å². The second-order valence-electron chi connectivity index (χ2n) is 6.57. The van der Waals surface area contributed by atoms with Crippen molar-refractivity contribution in [2.45, 2.75) is 44.8 Å². The number of carbonyl (C=O) groups is 4. The van der Waals surface area contributed by atoms with Crippen LogP contribution in [0.2, 0.25) is 0 Å². The van der Waals surface area contributed by atoms with Gasteiger partial charge in [-0.3, -0.25) is 19.2 Å². The minimum Gasteiger partial charge on any atom is -0.465 e. The van der Waals surface area contributed by atoms with Gasteiger partial charge in [-0.15, -0.1) is 0 Å². The minimum absolute atomic E-state index is 0.244. The van der Waals surface area contributed by atoms with Crippen molar-refractivity contribution < 1.29 is 23.9 Å². The maximum Gasteiger partial charge on any atom is 0.319 e. The number of imide groups is 1. The quantitative estimate of drug-likeness (QED) is 0.482. The van der Waals surface area contributed by atoms with Gasteiger partial charge in [0.25, 0.3) is 11.8 Å². The van der Waals surface area contributed by atoms with Gasteiger partial charge in [0, 0.05) is 21.2 Å². The zero-order chi connectivity index (χ0) is 20.4. The summed E-state index contributed by atoms with van der Waals surface area (Å²) in [6.45, 7) is 3.55. The molecule has 0 bridgehead atoms. The summed E-state index contributed by atoms with van der Waals surface area (Å²) in [6, 6.07) is 4.79. The van der Waals surface area contributed by atoms with Gasteiger partial charge in [-0.25, -0.2) is 4.90 Å². The summed E-state index contributed by atoms with van der Waals surface area (Å²) in [5.74, 6) is -1.06. The Morgan fingerprint density at radius 2 is 1.79 bits per heavy atom. The average Bonchev–Trinajstić information content (AvgIpc) is 2.93. The molecule has 0 spiro atoms. The highest BCUT2D eigenvalue weighted by Gasteiger charge is 2.40. The fourth-order valence-corrected chi connectivity index (χ4v) is 4.65. The Hall–Kier alpha value is -1.93. The van der Waals surface area contributed by atoms with Crippen LogP contribution in [0.15, 0.2) is 33.8 Å². The van der Waals surface area contributed by atoms with E-state index in [1.165, 1.54) is 6.07 Å². The average molecular weight is 466 g/mol. The summed E-state index contributed by atoms with van der Waals surface area (Å²) < 4.78 is 5.46. The van der Waals surface area contributed by atoms with Gasteiger partial charge in [-0.1, -0.05) is 27.7 Å². The predicted octanol–water partition coefficient (Wildman–Crippen LogP) is 4.02. The summed E-state index contributed by atoms with van der Waals surface area (Å²) in [6.07, 6.45) is 3.04. The van der Waals surface area contributed by atoms with Gasteiger partial charge in [0.1, 0.15) is 5.25 Å². The zero-order valence-corrected chi connectivity index (χ0v) is 18.0. The van der Waals surface area contributed by atoms with Gasteiger partial charge >= 0.3 is 5.97 Å². The summed E-state index contributed by atoms with van der Waals surface area (Å²) >= 11 is 4.19. The number of thioether (sulfide) groups is 1. The van der Waals surface area contributed by atoms with E-state index in [2.05, 4.69) is 15.9 Å². The molecule has 0 saturated carbocycles. The molecular weight excluding hydrogens is 446 g/mol. The van der Waals surface area contributed by atoms with Crippen LogP contribution < -0.4 is 4.90 Å². The molecule has 6 nitrogen and oxygen atoms in total. The molecule has 0 unspecified atom stereocenters. The molecule has 28 heavy (non-hydrogen) atoms. The first kappa shape index (κ1) is 20.8. The fraction of sp³-hybridized carbons (Fsp3) is 0.400. The molecule has 1 heterocycles. The van der Waals surface area contributed by atoms with Crippen molar-refractivity contribution in [2.75, 3.05) is 11.5 Å². The first-order chi connectivity index (χ1) is 13.3. The van der Waals surface area contributed by atoms with Crippen LogP contribution in [-0.4, -0.2) is 34.8 Å².